The highest BCUT2D eigenvalue weighted by Crippen LogP contribution is 2.24. The van der Waals surface area contributed by atoms with Gasteiger partial charge in [0.1, 0.15) is 12.1 Å². The van der Waals surface area contributed by atoms with Crippen LogP contribution in [-0.4, -0.2) is 107 Å². The fourth-order valence-electron chi connectivity index (χ4n) is 4.93. The Morgan fingerprint density at radius 3 is 2.10 bits per heavy atom. The zero-order valence-electron chi connectivity index (χ0n) is 23.8. The van der Waals surface area contributed by atoms with Crippen LogP contribution in [0.3, 0.4) is 0 Å². The zero-order chi connectivity index (χ0) is 31.2. The molecule has 3 amide bonds. The minimum atomic E-state index is -1.39. The molecule has 14 nitrogen and oxygen atoms in total. The number of hydrogen-bond donors (Lipinski definition) is 6. The number of carboxylic acid groups (broad SMARTS) is 3. The molecule has 0 aromatic heterocycles. The van der Waals surface area contributed by atoms with E-state index in [2.05, 4.69) is 16.0 Å². The lowest BCUT2D eigenvalue weighted by atomic mass is 9.90. The Bertz CT molecular complexity index is 1100. The lowest BCUT2D eigenvalue weighted by molar-refractivity contribution is -0.144. The second-order valence-electron chi connectivity index (χ2n) is 10.2. The molecule has 42 heavy (non-hydrogen) atoms. The number of aliphatic carboxylic acids is 3. The van der Waals surface area contributed by atoms with Gasteiger partial charge in [0.15, 0.2) is 0 Å². The number of hydrogen-bond acceptors (Lipinski definition) is 8. The Morgan fingerprint density at radius 2 is 1.55 bits per heavy atom. The van der Waals surface area contributed by atoms with Gasteiger partial charge in [-0.3, -0.25) is 24.0 Å². The van der Waals surface area contributed by atoms with Crippen molar-refractivity contribution >= 4 is 35.6 Å². The van der Waals surface area contributed by atoms with E-state index in [9.17, 15) is 39.0 Å². The van der Waals surface area contributed by atoms with Crippen molar-refractivity contribution in [2.24, 2.45) is 5.92 Å². The highest BCUT2D eigenvalue weighted by molar-refractivity contribution is 5.90. The van der Waals surface area contributed by atoms with Gasteiger partial charge in [-0.05, 0) is 38.3 Å². The number of carboxylic acids is 3. The maximum absolute atomic E-state index is 13.6. The quantitative estimate of drug-likeness (QED) is 0.140. The van der Waals surface area contributed by atoms with Gasteiger partial charge in [-0.25, -0.2) is 4.79 Å². The van der Waals surface area contributed by atoms with Crippen LogP contribution >= 0.6 is 0 Å². The number of likely N-dealkylation sites (N-methyl/N-ethyl adjacent to an activating group) is 1. The summed E-state index contributed by atoms with van der Waals surface area (Å²) in [5.41, 5.74) is 0.899. The van der Waals surface area contributed by atoms with E-state index in [-0.39, 0.29) is 38.8 Å². The van der Waals surface area contributed by atoms with E-state index in [1.165, 1.54) is 12.0 Å². The normalized spacial score (nSPS) is 18.8. The van der Waals surface area contributed by atoms with Crippen LogP contribution in [0.1, 0.15) is 44.1 Å². The monoisotopic (exact) mass is 592 g/mol. The van der Waals surface area contributed by atoms with Gasteiger partial charge in [0.25, 0.3) is 0 Å². The molecule has 0 aliphatic carbocycles. The summed E-state index contributed by atoms with van der Waals surface area (Å²) in [7, 11) is 3.07. The summed E-state index contributed by atoms with van der Waals surface area (Å²) in [6.45, 7) is 0.293. The molecular weight excluding hydrogens is 552 g/mol. The van der Waals surface area contributed by atoms with E-state index in [4.69, 9.17) is 9.84 Å². The first-order valence-corrected chi connectivity index (χ1v) is 13.7. The molecule has 0 saturated carbocycles. The summed E-state index contributed by atoms with van der Waals surface area (Å²) in [6.07, 6.45) is -1.13. The zero-order valence-corrected chi connectivity index (χ0v) is 23.8. The third-order valence-corrected chi connectivity index (χ3v) is 7.22. The lowest BCUT2D eigenvalue weighted by Gasteiger charge is -2.39. The van der Waals surface area contributed by atoms with Gasteiger partial charge >= 0.3 is 17.9 Å². The molecule has 232 valence electrons. The van der Waals surface area contributed by atoms with Crippen LogP contribution in [0.4, 0.5) is 0 Å². The fourth-order valence-corrected chi connectivity index (χ4v) is 4.93. The van der Waals surface area contributed by atoms with Gasteiger partial charge in [-0.1, -0.05) is 30.3 Å². The van der Waals surface area contributed by atoms with E-state index >= 15 is 0 Å². The van der Waals surface area contributed by atoms with Crippen molar-refractivity contribution in [3.8, 4) is 0 Å². The van der Waals surface area contributed by atoms with Gasteiger partial charge in [0.05, 0.1) is 12.1 Å². The van der Waals surface area contributed by atoms with E-state index in [1.54, 1.807) is 7.05 Å². The molecule has 2 rings (SSSR count). The van der Waals surface area contributed by atoms with Crippen molar-refractivity contribution in [1.82, 2.24) is 20.9 Å². The maximum Gasteiger partial charge on any atom is 0.326 e. The number of piperidine rings is 1. The van der Waals surface area contributed by atoms with Crippen LogP contribution in [0, 0.1) is 5.92 Å². The third kappa shape index (κ3) is 11.1. The number of ether oxygens (including phenoxy) is 1. The SMILES string of the molecule is CN[C@H](Cc1ccccc1)C(=O)N[C@@H](CCC(=O)O)C(=O)N1CC[C@H](OC)[C@H](CC(=O)N[C@@H](CCC(=O)O)C(=O)O)C1. The van der Waals surface area contributed by atoms with E-state index in [0.717, 1.165) is 5.56 Å². The molecule has 6 N–H and O–H groups in total. The van der Waals surface area contributed by atoms with Crippen molar-refractivity contribution < 1.29 is 48.8 Å². The molecule has 0 radical (unpaired) electrons. The van der Waals surface area contributed by atoms with Crippen molar-refractivity contribution in [2.45, 2.75) is 69.2 Å². The average Bonchev–Trinajstić information content (AvgIpc) is 2.95. The molecule has 1 saturated heterocycles. The predicted octanol–water partition coefficient (Wildman–Crippen LogP) is -0.145. The predicted molar refractivity (Wildman–Crippen MR) is 148 cm³/mol. The number of methoxy groups -OCH3 is 1. The minimum Gasteiger partial charge on any atom is -0.481 e. The van der Waals surface area contributed by atoms with Gasteiger partial charge < -0.3 is 40.9 Å². The smallest absolute Gasteiger partial charge is 0.326 e. The molecule has 0 unspecified atom stereocenters. The first-order valence-electron chi connectivity index (χ1n) is 13.7. The lowest BCUT2D eigenvalue weighted by Crippen LogP contribution is -2.57. The standard InChI is InChI=1S/C28H40N4O10/c1-29-21(14-17-6-4-3-5-7-17)26(38)31-19(8-10-24(34)35)27(39)32-13-12-22(42-2)18(16-32)15-23(33)30-20(28(40)41)9-11-25(36)37/h3-7,18-22,29H,8-16H2,1-2H3,(H,30,33)(H,31,38)(H,34,35)(H,36,37)(H,40,41)/t18-,19+,20+,21-,22+/m1/s1. The van der Waals surface area contributed by atoms with Gasteiger partial charge in [0.2, 0.25) is 17.7 Å². The Hall–Kier alpha value is -4.04. The summed E-state index contributed by atoms with van der Waals surface area (Å²) < 4.78 is 5.50. The molecule has 0 bridgehead atoms. The van der Waals surface area contributed by atoms with E-state index < -0.39 is 72.2 Å². The van der Waals surface area contributed by atoms with Crippen LogP contribution in [0.2, 0.25) is 0 Å². The molecule has 1 aromatic rings. The molecule has 5 atom stereocenters. The number of nitrogens with zero attached hydrogens (tertiary/aromatic N) is 1. The number of carbonyl (C=O) groups is 6. The van der Waals surface area contributed by atoms with Crippen LogP contribution in [0.5, 0.6) is 0 Å². The van der Waals surface area contributed by atoms with Crippen molar-refractivity contribution in [2.75, 3.05) is 27.2 Å². The highest BCUT2D eigenvalue weighted by atomic mass is 16.5. The van der Waals surface area contributed by atoms with Gasteiger partial charge in [-0.15, -0.1) is 0 Å². The molecule has 1 aliphatic heterocycles. The summed E-state index contributed by atoms with van der Waals surface area (Å²) in [5, 5.41) is 35.4. The minimum absolute atomic E-state index is 0.0521. The van der Waals surface area contributed by atoms with Crippen molar-refractivity contribution in [3.05, 3.63) is 35.9 Å². The van der Waals surface area contributed by atoms with Crippen molar-refractivity contribution in [1.29, 1.82) is 0 Å². The topological polar surface area (TPSA) is 212 Å². The molecule has 14 heteroatoms. The highest BCUT2D eigenvalue weighted by Gasteiger charge is 2.37. The second kappa shape index (κ2) is 17.0. The number of nitrogens with one attached hydrogen (secondary N) is 3. The largest absolute Gasteiger partial charge is 0.481 e. The first-order chi connectivity index (χ1) is 19.9. The number of amides is 3. The number of carbonyl (C=O) groups excluding carboxylic acids is 3. The molecular formula is C28H40N4O10. The Balaban J connectivity index is 2.12. The van der Waals surface area contributed by atoms with Crippen LogP contribution < -0.4 is 16.0 Å². The molecule has 1 fully saturated rings. The summed E-state index contributed by atoms with van der Waals surface area (Å²) in [5.74, 6) is -5.80. The van der Waals surface area contributed by atoms with E-state index in [0.29, 0.717) is 12.8 Å². The molecule has 0 spiro atoms. The molecule has 1 aliphatic rings. The Labute approximate surface area is 243 Å². The Morgan fingerprint density at radius 1 is 0.929 bits per heavy atom. The van der Waals surface area contributed by atoms with Crippen LogP contribution in [-0.2, 0) is 39.9 Å². The average molecular weight is 593 g/mol. The number of benzene rings is 1. The summed E-state index contributed by atoms with van der Waals surface area (Å²) in [4.78, 5) is 74.5. The van der Waals surface area contributed by atoms with Crippen LogP contribution in [0.15, 0.2) is 30.3 Å². The van der Waals surface area contributed by atoms with Gasteiger partial charge in [-0.2, -0.15) is 0 Å². The first kappa shape index (κ1) is 34.2. The van der Waals surface area contributed by atoms with Gasteiger partial charge in [0, 0.05) is 45.4 Å². The number of rotatable bonds is 17. The fraction of sp³-hybridized carbons (Fsp3) is 0.571. The summed E-state index contributed by atoms with van der Waals surface area (Å²) >= 11 is 0. The second-order valence-corrected chi connectivity index (χ2v) is 10.2. The maximum atomic E-state index is 13.6. The van der Waals surface area contributed by atoms with Crippen LogP contribution in [0.25, 0.3) is 0 Å². The summed E-state index contributed by atoms with van der Waals surface area (Å²) in [6, 6.07) is 6.09. The van der Waals surface area contributed by atoms with Crippen molar-refractivity contribution in [3.63, 3.8) is 0 Å². The van der Waals surface area contributed by atoms with E-state index in [1.807, 2.05) is 30.3 Å². The third-order valence-electron chi connectivity index (χ3n) is 7.22. The number of likely N-dealkylation sites (tertiary alicyclic amines) is 1. The molecule has 1 heterocycles. The Kier molecular flexibility index (Phi) is 13.9. The molecule has 1 aromatic carbocycles.